The first kappa shape index (κ1) is 16.9. The van der Waals surface area contributed by atoms with Gasteiger partial charge in [0.25, 0.3) is 0 Å². The maximum Gasteiger partial charge on any atom is 0.143 e. The Kier molecular flexibility index (Phi) is 5.53. The fourth-order valence-electron chi connectivity index (χ4n) is 1.56. The van der Waals surface area contributed by atoms with Crippen LogP contribution in [-0.4, -0.2) is 22.6 Å². The van der Waals surface area contributed by atoms with Crippen LogP contribution in [-0.2, 0) is 0 Å². The second-order valence-electron chi connectivity index (χ2n) is 4.14. The van der Waals surface area contributed by atoms with Crippen molar-refractivity contribution in [2.75, 3.05) is 0 Å². The van der Waals surface area contributed by atoms with Crippen LogP contribution < -0.4 is 0 Å². The van der Waals surface area contributed by atoms with Crippen molar-refractivity contribution in [2.24, 2.45) is 10.2 Å². The molecule has 2 rings (SSSR count). The molecule has 0 fully saturated rings. The molecule has 4 nitrogen and oxygen atoms in total. The maximum atomic E-state index is 9.75. The maximum absolute atomic E-state index is 9.75. The average Bonchev–Trinajstić information content (AvgIpc) is 2.44. The molecule has 0 radical (unpaired) electrons. The third-order valence-electron chi connectivity index (χ3n) is 2.58. The van der Waals surface area contributed by atoms with Gasteiger partial charge in [-0.05, 0) is 24.3 Å². The van der Waals surface area contributed by atoms with Crippen molar-refractivity contribution in [3.63, 3.8) is 0 Å². The van der Waals surface area contributed by atoms with Crippen LogP contribution in [0.3, 0.4) is 0 Å². The number of phenolic OH excluding ortho intramolecular Hbond substituents is 2. The van der Waals surface area contributed by atoms with Gasteiger partial charge in [-0.1, -0.05) is 46.4 Å². The highest BCUT2D eigenvalue weighted by Gasteiger charge is 2.07. The highest BCUT2D eigenvalue weighted by atomic mass is 35.5. The number of rotatable bonds is 3. The summed E-state index contributed by atoms with van der Waals surface area (Å²) in [6.07, 6.45) is 2.54. The second kappa shape index (κ2) is 7.20. The molecule has 0 spiro atoms. The molecule has 0 aliphatic rings. The minimum Gasteiger partial charge on any atom is -0.506 e. The number of hydrogen-bond acceptors (Lipinski definition) is 4. The summed E-state index contributed by atoms with van der Waals surface area (Å²) in [5, 5.41) is 27.9. The van der Waals surface area contributed by atoms with E-state index in [0.717, 1.165) is 0 Å². The molecule has 0 heterocycles. The molecule has 0 amide bonds. The summed E-state index contributed by atoms with van der Waals surface area (Å²) in [5.74, 6) is -0.308. The van der Waals surface area contributed by atoms with E-state index in [4.69, 9.17) is 46.4 Å². The quantitative estimate of drug-likeness (QED) is 0.572. The number of hydrogen-bond donors (Lipinski definition) is 2. The summed E-state index contributed by atoms with van der Waals surface area (Å²) in [5.41, 5.74) is 0.617. The van der Waals surface area contributed by atoms with Crippen molar-refractivity contribution < 1.29 is 10.2 Å². The first-order valence-corrected chi connectivity index (χ1v) is 7.32. The Bertz CT molecular complexity index is 710. The smallest absolute Gasteiger partial charge is 0.143 e. The third kappa shape index (κ3) is 4.05. The topological polar surface area (TPSA) is 65.2 Å². The van der Waals surface area contributed by atoms with Gasteiger partial charge in [0, 0.05) is 21.2 Å². The Hall–Kier alpha value is -1.46. The predicted octanol–water partition coefficient (Wildman–Crippen LogP) is 5.16. The summed E-state index contributed by atoms with van der Waals surface area (Å²) >= 11 is 23.2. The Morgan fingerprint density at radius 1 is 0.682 bits per heavy atom. The van der Waals surface area contributed by atoms with Gasteiger partial charge in [-0.25, -0.2) is 0 Å². The highest BCUT2D eigenvalue weighted by Crippen LogP contribution is 2.31. The molecule has 0 saturated carbocycles. The molecule has 22 heavy (non-hydrogen) atoms. The average molecular weight is 378 g/mol. The molecule has 0 aliphatic carbocycles. The lowest BCUT2D eigenvalue weighted by molar-refractivity contribution is 0.474. The zero-order valence-electron chi connectivity index (χ0n) is 10.8. The van der Waals surface area contributed by atoms with Gasteiger partial charge in [-0.15, -0.1) is 0 Å². The molecule has 8 heteroatoms. The van der Waals surface area contributed by atoms with Gasteiger partial charge in [-0.2, -0.15) is 10.2 Å². The first-order valence-electron chi connectivity index (χ1n) is 5.81. The van der Waals surface area contributed by atoms with E-state index >= 15 is 0 Å². The van der Waals surface area contributed by atoms with E-state index in [-0.39, 0.29) is 21.5 Å². The highest BCUT2D eigenvalue weighted by molar-refractivity contribution is 6.36. The molecule has 114 valence electrons. The predicted molar refractivity (Wildman–Crippen MR) is 91.4 cm³/mol. The molecular formula is C14H8Cl4N2O2. The van der Waals surface area contributed by atoms with E-state index in [0.29, 0.717) is 21.2 Å². The minimum absolute atomic E-state index is 0.109. The molecule has 0 aliphatic heterocycles. The zero-order chi connectivity index (χ0) is 16.3. The summed E-state index contributed by atoms with van der Waals surface area (Å²) < 4.78 is 0. The van der Waals surface area contributed by atoms with E-state index in [1.807, 2.05) is 0 Å². The molecule has 2 N–H and O–H groups in total. The Labute approximate surface area is 146 Å². The molecule has 0 unspecified atom stereocenters. The van der Waals surface area contributed by atoms with Crippen molar-refractivity contribution >= 4 is 58.8 Å². The molecule has 2 aromatic rings. The molecule has 0 aromatic heterocycles. The van der Waals surface area contributed by atoms with E-state index < -0.39 is 0 Å². The van der Waals surface area contributed by atoms with Gasteiger partial charge in [0.05, 0.1) is 22.5 Å². The standard InChI is InChI=1S/C14H8Cl4N2O2/c15-9-1-7(13(21)11(17)3-9)5-19-20-6-8-2-10(16)4-12(18)14(8)22/h1-6,21-22H. The van der Waals surface area contributed by atoms with Gasteiger partial charge in [0.1, 0.15) is 11.5 Å². The normalized spacial score (nSPS) is 11.6. The summed E-state index contributed by atoms with van der Waals surface area (Å²) in [6, 6.07) is 5.78. The van der Waals surface area contributed by atoms with E-state index in [1.165, 1.54) is 36.7 Å². The summed E-state index contributed by atoms with van der Waals surface area (Å²) in [7, 11) is 0. The fourth-order valence-corrected chi connectivity index (χ4v) is 2.58. The van der Waals surface area contributed by atoms with Crippen LogP contribution in [0.5, 0.6) is 11.5 Å². The molecule has 0 atom stereocenters. The summed E-state index contributed by atoms with van der Waals surface area (Å²) in [4.78, 5) is 0. The minimum atomic E-state index is -0.154. The summed E-state index contributed by atoms with van der Waals surface area (Å²) in [6.45, 7) is 0. The zero-order valence-corrected chi connectivity index (χ0v) is 13.8. The fraction of sp³-hybridized carbons (Fsp3) is 0. The van der Waals surface area contributed by atoms with Gasteiger partial charge in [0.15, 0.2) is 0 Å². The molecule has 0 saturated heterocycles. The van der Waals surface area contributed by atoms with E-state index in [1.54, 1.807) is 0 Å². The molecule has 0 bridgehead atoms. The number of aromatic hydroxyl groups is 2. The van der Waals surface area contributed by atoms with E-state index in [9.17, 15) is 10.2 Å². The second-order valence-corrected chi connectivity index (χ2v) is 5.83. The van der Waals surface area contributed by atoms with Crippen molar-refractivity contribution in [2.45, 2.75) is 0 Å². The van der Waals surface area contributed by atoms with Crippen LogP contribution in [0.2, 0.25) is 20.1 Å². The molecule has 2 aromatic carbocycles. The van der Waals surface area contributed by atoms with Crippen LogP contribution in [0.4, 0.5) is 0 Å². The number of nitrogens with zero attached hydrogens (tertiary/aromatic N) is 2. The number of halogens is 4. The Balaban J connectivity index is 2.23. The van der Waals surface area contributed by atoms with Crippen LogP contribution in [0.1, 0.15) is 11.1 Å². The molecular weight excluding hydrogens is 370 g/mol. The Morgan fingerprint density at radius 3 is 1.41 bits per heavy atom. The van der Waals surface area contributed by atoms with Crippen molar-refractivity contribution in [3.05, 3.63) is 55.5 Å². The third-order valence-corrected chi connectivity index (χ3v) is 3.59. The lowest BCUT2D eigenvalue weighted by Crippen LogP contribution is -1.85. The van der Waals surface area contributed by atoms with Crippen LogP contribution >= 0.6 is 46.4 Å². The van der Waals surface area contributed by atoms with Crippen LogP contribution in [0, 0.1) is 0 Å². The van der Waals surface area contributed by atoms with Gasteiger partial charge >= 0.3 is 0 Å². The first-order chi connectivity index (χ1) is 10.4. The lowest BCUT2D eigenvalue weighted by Gasteiger charge is -2.02. The van der Waals surface area contributed by atoms with Crippen molar-refractivity contribution in [1.29, 1.82) is 0 Å². The van der Waals surface area contributed by atoms with Gasteiger partial charge in [-0.3, -0.25) is 0 Å². The van der Waals surface area contributed by atoms with Crippen molar-refractivity contribution in [3.8, 4) is 11.5 Å². The monoisotopic (exact) mass is 376 g/mol. The van der Waals surface area contributed by atoms with Gasteiger partial charge in [0.2, 0.25) is 0 Å². The Morgan fingerprint density at radius 2 is 1.05 bits per heavy atom. The van der Waals surface area contributed by atoms with Gasteiger partial charge < -0.3 is 10.2 Å². The lowest BCUT2D eigenvalue weighted by atomic mass is 10.2. The van der Waals surface area contributed by atoms with E-state index in [2.05, 4.69) is 10.2 Å². The number of benzene rings is 2. The number of phenols is 2. The SMILES string of the molecule is Oc1c(Cl)cc(Cl)cc1C=NN=Cc1cc(Cl)cc(Cl)c1O. The largest absolute Gasteiger partial charge is 0.506 e. The van der Waals surface area contributed by atoms with Crippen molar-refractivity contribution in [1.82, 2.24) is 0 Å². The van der Waals surface area contributed by atoms with Crippen LogP contribution in [0.15, 0.2) is 34.5 Å². The van der Waals surface area contributed by atoms with Crippen LogP contribution in [0.25, 0.3) is 0 Å².